The van der Waals surface area contributed by atoms with Crippen molar-refractivity contribution in [2.24, 2.45) is 0 Å². The Morgan fingerprint density at radius 1 is 0.326 bits per heavy atom. The second-order valence-corrected chi connectivity index (χ2v) is 27.0. The summed E-state index contributed by atoms with van der Waals surface area (Å²) >= 11 is 0. The third-order valence-electron chi connectivity index (χ3n) is 18.4. The lowest BCUT2D eigenvalue weighted by atomic mass is 10.0. The molecule has 6 heteroatoms. The van der Waals surface area contributed by atoms with Crippen molar-refractivity contribution in [3.63, 3.8) is 0 Å². The summed E-state index contributed by atoms with van der Waals surface area (Å²) in [6.07, 6.45) is 98.3. The summed E-state index contributed by atoms with van der Waals surface area (Å²) in [6, 6.07) is -0.626. The number of ether oxygens (including phenoxy) is 1. The van der Waals surface area contributed by atoms with Crippen LogP contribution in [0.15, 0.2) is 36.5 Å². The standard InChI is InChI=1S/C80H153NO5/c1-3-5-7-9-11-13-15-17-19-20-21-22-32-35-38-41-45-48-52-56-60-64-68-72-78(83)77(76-82)81-79(84)73-69-65-61-57-53-49-46-42-39-36-33-30-28-26-24-23-25-27-29-31-34-37-40-43-47-51-55-59-63-67-71-75-86-80(85)74-70-66-62-58-54-50-44-18-16-14-12-10-8-6-4-2/h12,14,18,44,68,72,77-78,82-83H,3-11,13,15-17,19-43,45-67,69-71,73-76H2,1-2H3,(H,81,84)/b14-12-,44-18-,72-68+. The fraction of sp³-hybridized carbons (Fsp3) is 0.900. The first-order chi connectivity index (χ1) is 42.5. The zero-order valence-electron chi connectivity index (χ0n) is 58.3. The summed E-state index contributed by atoms with van der Waals surface area (Å²) in [6.45, 7) is 4.92. The lowest BCUT2D eigenvalue weighted by Crippen LogP contribution is -2.45. The molecule has 0 saturated carbocycles. The largest absolute Gasteiger partial charge is 0.466 e. The van der Waals surface area contributed by atoms with Gasteiger partial charge < -0.3 is 20.3 Å². The first kappa shape index (κ1) is 84.1. The van der Waals surface area contributed by atoms with Gasteiger partial charge in [0.25, 0.3) is 0 Å². The normalized spacial score (nSPS) is 12.7. The van der Waals surface area contributed by atoms with Crippen molar-refractivity contribution in [1.29, 1.82) is 0 Å². The van der Waals surface area contributed by atoms with Crippen molar-refractivity contribution < 1.29 is 24.5 Å². The molecule has 0 fully saturated rings. The van der Waals surface area contributed by atoms with Gasteiger partial charge in [0.15, 0.2) is 0 Å². The van der Waals surface area contributed by atoms with Crippen molar-refractivity contribution in [3.05, 3.63) is 36.5 Å². The van der Waals surface area contributed by atoms with E-state index in [-0.39, 0.29) is 18.5 Å². The van der Waals surface area contributed by atoms with Crippen LogP contribution in [0.4, 0.5) is 0 Å². The Bertz CT molecular complexity index is 1390. The first-order valence-corrected chi connectivity index (χ1v) is 39.3. The fourth-order valence-corrected chi connectivity index (χ4v) is 12.4. The molecule has 0 aliphatic rings. The minimum atomic E-state index is -0.843. The number of rotatable bonds is 74. The van der Waals surface area contributed by atoms with E-state index in [1.54, 1.807) is 6.08 Å². The predicted octanol–water partition coefficient (Wildman–Crippen LogP) is 25.8. The molecule has 0 aromatic heterocycles. The van der Waals surface area contributed by atoms with Gasteiger partial charge in [0.05, 0.1) is 25.4 Å². The van der Waals surface area contributed by atoms with Crippen LogP contribution in [0.2, 0.25) is 0 Å². The Kier molecular flexibility index (Phi) is 73.9. The number of amides is 1. The lowest BCUT2D eigenvalue weighted by Gasteiger charge is -2.20. The second kappa shape index (κ2) is 75.5. The molecular formula is C80H153NO5. The molecule has 2 unspecified atom stereocenters. The Morgan fingerprint density at radius 3 is 0.907 bits per heavy atom. The van der Waals surface area contributed by atoms with Gasteiger partial charge >= 0.3 is 5.97 Å². The van der Waals surface area contributed by atoms with Gasteiger partial charge in [-0.3, -0.25) is 9.59 Å². The monoisotopic (exact) mass is 1210 g/mol. The molecule has 1 amide bonds. The van der Waals surface area contributed by atoms with E-state index in [0.29, 0.717) is 19.4 Å². The van der Waals surface area contributed by atoms with Crippen LogP contribution in [0.25, 0.3) is 0 Å². The average molecular weight is 1210 g/mol. The summed E-state index contributed by atoms with van der Waals surface area (Å²) in [5.74, 6) is -0.0520. The molecule has 2 atom stereocenters. The van der Waals surface area contributed by atoms with Crippen LogP contribution in [0.5, 0.6) is 0 Å². The van der Waals surface area contributed by atoms with E-state index >= 15 is 0 Å². The minimum Gasteiger partial charge on any atom is -0.466 e. The molecule has 0 rings (SSSR count). The highest BCUT2D eigenvalue weighted by Gasteiger charge is 2.18. The maximum Gasteiger partial charge on any atom is 0.305 e. The van der Waals surface area contributed by atoms with Crippen LogP contribution < -0.4 is 5.32 Å². The number of hydrogen-bond acceptors (Lipinski definition) is 5. The number of allylic oxidation sites excluding steroid dienone is 5. The lowest BCUT2D eigenvalue weighted by molar-refractivity contribution is -0.143. The predicted molar refractivity (Wildman–Crippen MR) is 379 cm³/mol. The van der Waals surface area contributed by atoms with Crippen LogP contribution in [0.3, 0.4) is 0 Å². The zero-order chi connectivity index (χ0) is 62.0. The molecule has 0 spiro atoms. The third kappa shape index (κ3) is 71.2. The summed E-state index contributed by atoms with van der Waals surface area (Å²) in [5, 5.41) is 23.3. The molecule has 86 heavy (non-hydrogen) atoms. The third-order valence-corrected chi connectivity index (χ3v) is 18.4. The van der Waals surface area contributed by atoms with Crippen molar-refractivity contribution in [2.45, 2.75) is 450 Å². The molecule has 0 aliphatic heterocycles. The van der Waals surface area contributed by atoms with Crippen LogP contribution in [0, 0.1) is 0 Å². The number of nitrogens with one attached hydrogen (secondary N) is 1. The maximum absolute atomic E-state index is 12.6. The highest BCUT2D eigenvalue weighted by atomic mass is 16.5. The Hall–Kier alpha value is -1.92. The first-order valence-electron chi connectivity index (χ1n) is 39.3. The summed E-state index contributed by atoms with van der Waals surface area (Å²) in [7, 11) is 0. The van der Waals surface area contributed by atoms with Crippen molar-refractivity contribution in [2.75, 3.05) is 13.2 Å². The Morgan fingerprint density at radius 2 is 0.581 bits per heavy atom. The van der Waals surface area contributed by atoms with E-state index in [4.69, 9.17) is 4.74 Å². The molecule has 6 nitrogen and oxygen atoms in total. The number of esters is 1. The zero-order valence-corrected chi connectivity index (χ0v) is 58.3. The van der Waals surface area contributed by atoms with Gasteiger partial charge in [-0.1, -0.05) is 397 Å². The number of carbonyl (C=O) groups is 2. The fourth-order valence-electron chi connectivity index (χ4n) is 12.4. The SMILES string of the molecule is CCCCC/C=C\C/C=C\CCCCCCCC(=O)OCCCCCCCCCCCCCCCCCCCCCCCCCCCCCCCCCC(=O)NC(CO)C(O)/C=C/CCCCCCCCCCCCCCCCCCCCCCC. The molecule has 0 aliphatic carbocycles. The van der Waals surface area contributed by atoms with Crippen molar-refractivity contribution in [3.8, 4) is 0 Å². The van der Waals surface area contributed by atoms with E-state index < -0.39 is 12.1 Å². The molecule has 0 radical (unpaired) electrons. The number of hydrogen-bond donors (Lipinski definition) is 3. The number of carbonyl (C=O) groups excluding carboxylic acids is 2. The van der Waals surface area contributed by atoms with Gasteiger partial charge in [-0.25, -0.2) is 0 Å². The second-order valence-electron chi connectivity index (χ2n) is 27.0. The van der Waals surface area contributed by atoms with Crippen molar-refractivity contribution >= 4 is 11.9 Å². The Labute approximate surface area is 538 Å². The van der Waals surface area contributed by atoms with E-state index in [2.05, 4.69) is 43.5 Å². The molecular weight excluding hydrogens is 1050 g/mol. The maximum atomic E-state index is 12.6. The van der Waals surface area contributed by atoms with Gasteiger partial charge in [0, 0.05) is 12.8 Å². The highest BCUT2D eigenvalue weighted by Crippen LogP contribution is 2.20. The summed E-state index contributed by atoms with van der Waals surface area (Å²) in [5.41, 5.74) is 0. The minimum absolute atomic E-state index is 0.00700. The van der Waals surface area contributed by atoms with Gasteiger partial charge in [-0.05, 0) is 64.2 Å². The van der Waals surface area contributed by atoms with Crippen LogP contribution in [-0.2, 0) is 14.3 Å². The summed E-state index contributed by atoms with van der Waals surface area (Å²) < 4.78 is 5.49. The van der Waals surface area contributed by atoms with E-state index in [0.717, 1.165) is 51.4 Å². The topological polar surface area (TPSA) is 95.9 Å². The number of aliphatic hydroxyl groups is 2. The van der Waals surface area contributed by atoms with E-state index in [9.17, 15) is 19.8 Å². The number of aliphatic hydroxyl groups excluding tert-OH is 2. The van der Waals surface area contributed by atoms with Crippen LogP contribution in [0.1, 0.15) is 438 Å². The average Bonchev–Trinajstić information content (AvgIpc) is 3.54. The number of unbranched alkanes of at least 4 members (excludes halogenated alkanes) is 59. The van der Waals surface area contributed by atoms with Gasteiger partial charge in [0.1, 0.15) is 0 Å². The quantitative estimate of drug-likeness (QED) is 0.0320. The van der Waals surface area contributed by atoms with E-state index in [1.807, 2.05) is 6.08 Å². The molecule has 0 aromatic carbocycles. The molecule has 0 heterocycles. The molecule has 0 bridgehead atoms. The molecule has 508 valence electrons. The molecule has 3 N–H and O–H groups in total. The van der Waals surface area contributed by atoms with Gasteiger partial charge in [-0.2, -0.15) is 0 Å². The van der Waals surface area contributed by atoms with Crippen LogP contribution >= 0.6 is 0 Å². The molecule has 0 saturated heterocycles. The molecule has 0 aromatic rings. The smallest absolute Gasteiger partial charge is 0.305 e. The Balaban J connectivity index is 3.36. The highest BCUT2D eigenvalue weighted by molar-refractivity contribution is 5.76. The summed E-state index contributed by atoms with van der Waals surface area (Å²) in [4.78, 5) is 24.6. The van der Waals surface area contributed by atoms with Gasteiger partial charge in [0.2, 0.25) is 5.91 Å². The van der Waals surface area contributed by atoms with Crippen molar-refractivity contribution in [1.82, 2.24) is 5.32 Å². The van der Waals surface area contributed by atoms with Crippen LogP contribution in [-0.4, -0.2) is 47.4 Å². The van der Waals surface area contributed by atoms with E-state index in [1.165, 1.54) is 360 Å². The van der Waals surface area contributed by atoms with Gasteiger partial charge in [-0.15, -0.1) is 0 Å².